The average molecular weight is 312 g/mol. The molecule has 0 amide bonds. The van der Waals surface area contributed by atoms with E-state index < -0.39 is 0 Å². The van der Waals surface area contributed by atoms with Crippen molar-refractivity contribution in [3.8, 4) is 0 Å². The molecule has 1 aromatic carbocycles. The molecule has 1 rings (SSSR count). The van der Waals surface area contributed by atoms with Gasteiger partial charge in [-0.05, 0) is 50.9 Å². The van der Waals surface area contributed by atoms with Gasteiger partial charge in [-0.15, -0.1) is 0 Å². The molecule has 0 aliphatic rings. The van der Waals surface area contributed by atoms with Gasteiger partial charge in [-0.1, -0.05) is 11.6 Å². The van der Waals surface area contributed by atoms with Crippen LogP contribution in [0.3, 0.4) is 0 Å². The molecule has 0 heterocycles. The number of hydrogen-bond donors (Lipinski definition) is 0. The summed E-state index contributed by atoms with van der Waals surface area (Å²) >= 11 is 12.3. The van der Waals surface area contributed by atoms with Gasteiger partial charge in [0.2, 0.25) is 0 Å². The van der Waals surface area contributed by atoms with Crippen molar-refractivity contribution >= 4 is 49.2 Å². The molecule has 0 aliphatic carbocycles. The Morgan fingerprint density at radius 2 is 1.92 bits per heavy atom. The molecule has 0 saturated heterocycles. The molecule has 0 unspecified atom stereocenters. The second-order valence-electron chi connectivity index (χ2n) is 2.30. The summed E-state index contributed by atoms with van der Waals surface area (Å²) in [6.07, 6.45) is 0. The summed E-state index contributed by atoms with van der Waals surface area (Å²) in [5, 5.41) is 0.590. The van der Waals surface area contributed by atoms with Gasteiger partial charge in [-0.3, -0.25) is 4.79 Å². The number of Topliss-reactive ketones (excluding diaryl/α,β-unsaturated/α-hetero) is 1. The molecule has 1 nitrogen and oxygen atoms in total. The third-order valence-electron chi connectivity index (χ3n) is 1.39. The summed E-state index contributed by atoms with van der Waals surface area (Å²) < 4.78 is 1.46. The predicted molar refractivity (Wildman–Crippen MR) is 56.9 cm³/mol. The molecule has 0 spiro atoms. The van der Waals surface area contributed by atoms with E-state index >= 15 is 0 Å². The molecule has 1 aromatic rings. The second-order valence-corrected chi connectivity index (χ2v) is 4.42. The molecule has 64 valence electrons. The second kappa shape index (κ2) is 3.90. The maximum Gasteiger partial charge on any atom is 0.160 e. The molecule has 0 fully saturated rings. The normalized spacial score (nSPS) is 10.0. The Kier molecular flexibility index (Phi) is 3.32. The predicted octanol–water partition coefficient (Wildman–Crippen LogP) is 4.07. The van der Waals surface area contributed by atoms with Crippen molar-refractivity contribution < 1.29 is 4.79 Å². The zero-order chi connectivity index (χ0) is 9.30. The zero-order valence-electron chi connectivity index (χ0n) is 6.20. The smallest absolute Gasteiger partial charge is 0.160 e. The summed E-state index contributed by atoms with van der Waals surface area (Å²) in [7, 11) is 0. The Hall–Kier alpha value is 0.140. The highest BCUT2D eigenvalue weighted by atomic mass is 79.9. The summed E-state index contributed by atoms with van der Waals surface area (Å²) in [4.78, 5) is 11.0. The first-order valence-corrected chi connectivity index (χ1v) is 5.14. The van der Waals surface area contributed by atoms with Crippen molar-refractivity contribution in [3.05, 3.63) is 31.7 Å². The molecule has 4 heteroatoms. The summed E-state index contributed by atoms with van der Waals surface area (Å²) in [5.74, 6) is 0.0132. The van der Waals surface area contributed by atoms with Gasteiger partial charge in [-0.25, -0.2) is 0 Å². The number of carbonyl (C=O) groups excluding carboxylic acids is 1. The molecule has 0 saturated carbocycles. The lowest BCUT2D eigenvalue weighted by Crippen LogP contribution is -1.93. The fraction of sp³-hybridized carbons (Fsp3) is 0.125. The van der Waals surface area contributed by atoms with Crippen molar-refractivity contribution in [2.45, 2.75) is 6.92 Å². The average Bonchev–Trinajstić information content (AvgIpc) is 1.96. The van der Waals surface area contributed by atoms with Crippen molar-refractivity contribution in [1.82, 2.24) is 0 Å². The Balaban J connectivity index is 3.33. The first-order chi connectivity index (χ1) is 5.52. The third kappa shape index (κ3) is 2.09. The number of hydrogen-bond acceptors (Lipinski definition) is 1. The van der Waals surface area contributed by atoms with Gasteiger partial charge in [-0.2, -0.15) is 0 Å². The van der Waals surface area contributed by atoms with Crippen LogP contribution in [-0.4, -0.2) is 5.78 Å². The Morgan fingerprint density at radius 1 is 1.33 bits per heavy atom. The lowest BCUT2D eigenvalue weighted by atomic mass is 10.1. The van der Waals surface area contributed by atoms with Crippen LogP contribution in [0.15, 0.2) is 21.1 Å². The maximum absolute atomic E-state index is 11.0. The van der Waals surface area contributed by atoms with Crippen LogP contribution in [0.1, 0.15) is 17.3 Å². The van der Waals surface area contributed by atoms with E-state index in [-0.39, 0.29) is 5.78 Å². The number of rotatable bonds is 1. The lowest BCUT2D eigenvalue weighted by molar-refractivity contribution is 0.101. The van der Waals surface area contributed by atoms with Gasteiger partial charge >= 0.3 is 0 Å². The molecule has 0 aromatic heterocycles. The van der Waals surface area contributed by atoms with Crippen LogP contribution in [0.5, 0.6) is 0 Å². The van der Waals surface area contributed by atoms with Gasteiger partial charge in [0.05, 0.1) is 5.02 Å². The molecule has 0 bridgehead atoms. The minimum absolute atomic E-state index is 0.0132. The topological polar surface area (TPSA) is 17.1 Å². The Labute approximate surface area is 92.4 Å². The first kappa shape index (κ1) is 10.2. The van der Waals surface area contributed by atoms with E-state index in [1.165, 1.54) is 6.92 Å². The lowest BCUT2D eigenvalue weighted by Gasteiger charge is -2.02. The van der Waals surface area contributed by atoms with Crippen molar-refractivity contribution in [2.75, 3.05) is 0 Å². The zero-order valence-corrected chi connectivity index (χ0v) is 10.1. The molecule has 0 N–H and O–H groups in total. The summed E-state index contributed by atoms with van der Waals surface area (Å²) in [6.45, 7) is 1.51. The fourth-order valence-corrected chi connectivity index (χ4v) is 2.05. The van der Waals surface area contributed by atoms with Gasteiger partial charge in [0, 0.05) is 14.5 Å². The summed E-state index contributed by atoms with van der Waals surface area (Å²) in [6, 6.07) is 3.40. The van der Waals surface area contributed by atoms with E-state index in [1.54, 1.807) is 12.1 Å². The number of ketones is 1. The van der Waals surface area contributed by atoms with Crippen LogP contribution in [0.2, 0.25) is 5.02 Å². The summed E-state index contributed by atoms with van der Waals surface area (Å²) in [5.41, 5.74) is 0.631. The van der Waals surface area contributed by atoms with Crippen molar-refractivity contribution in [3.63, 3.8) is 0 Å². The van der Waals surface area contributed by atoms with E-state index in [2.05, 4.69) is 31.9 Å². The van der Waals surface area contributed by atoms with Gasteiger partial charge in [0.1, 0.15) is 0 Å². The monoisotopic (exact) mass is 310 g/mol. The van der Waals surface area contributed by atoms with E-state index in [1.807, 2.05) is 0 Å². The van der Waals surface area contributed by atoms with Crippen LogP contribution in [0.4, 0.5) is 0 Å². The third-order valence-corrected chi connectivity index (χ3v) is 3.24. The molecule has 0 radical (unpaired) electrons. The number of carbonyl (C=O) groups is 1. The highest BCUT2D eigenvalue weighted by molar-refractivity contribution is 9.11. The fourth-order valence-electron chi connectivity index (χ4n) is 0.792. The molecule has 0 aliphatic heterocycles. The van der Waals surface area contributed by atoms with E-state index in [4.69, 9.17) is 11.6 Å². The standard InChI is InChI=1S/C8H5Br2ClO/c1-4(12)5-2-7(10)8(11)3-6(5)9/h2-3H,1H3. The van der Waals surface area contributed by atoms with Gasteiger partial charge in [0.25, 0.3) is 0 Å². The van der Waals surface area contributed by atoms with Crippen molar-refractivity contribution in [1.29, 1.82) is 0 Å². The van der Waals surface area contributed by atoms with E-state index in [9.17, 15) is 4.79 Å². The van der Waals surface area contributed by atoms with Gasteiger partial charge < -0.3 is 0 Å². The molecular formula is C8H5Br2ClO. The van der Waals surface area contributed by atoms with Crippen LogP contribution in [0, 0.1) is 0 Å². The minimum Gasteiger partial charge on any atom is -0.294 e. The van der Waals surface area contributed by atoms with E-state index in [0.29, 0.717) is 10.6 Å². The maximum atomic E-state index is 11.0. The van der Waals surface area contributed by atoms with Crippen LogP contribution >= 0.6 is 43.5 Å². The Bertz CT molecular complexity index is 336. The largest absolute Gasteiger partial charge is 0.294 e. The first-order valence-electron chi connectivity index (χ1n) is 3.18. The molecule has 12 heavy (non-hydrogen) atoms. The minimum atomic E-state index is 0.0132. The molecular weight excluding hydrogens is 307 g/mol. The van der Waals surface area contributed by atoms with Gasteiger partial charge in [0.15, 0.2) is 5.78 Å². The quantitative estimate of drug-likeness (QED) is 0.564. The highest BCUT2D eigenvalue weighted by Gasteiger charge is 2.08. The van der Waals surface area contributed by atoms with Crippen LogP contribution < -0.4 is 0 Å². The van der Waals surface area contributed by atoms with Crippen molar-refractivity contribution in [2.24, 2.45) is 0 Å². The number of benzene rings is 1. The highest BCUT2D eigenvalue weighted by Crippen LogP contribution is 2.29. The SMILES string of the molecule is CC(=O)c1cc(Br)c(Cl)cc1Br. The van der Waals surface area contributed by atoms with Crippen LogP contribution in [0.25, 0.3) is 0 Å². The number of halogens is 3. The van der Waals surface area contributed by atoms with E-state index in [0.717, 1.165) is 8.95 Å². The Morgan fingerprint density at radius 3 is 2.42 bits per heavy atom. The van der Waals surface area contributed by atoms with Crippen LogP contribution in [-0.2, 0) is 0 Å². The molecule has 0 atom stereocenters.